The summed E-state index contributed by atoms with van der Waals surface area (Å²) in [6.45, 7) is 2.47. The summed E-state index contributed by atoms with van der Waals surface area (Å²) in [4.78, 5) is 27.9. The van der Waals surface area contributed by atoms with Crippen molar-refractivity contribution in [3.8, 4) is 11.3 Å². The van der Waals surface area contributed by atoms with Gasteiger partial charge in [0.1, 0.15) is 5.69 Å². The largest absolute Gasteiger partial charge is 0.348 e. The zero-order chi connectivity index (χ0) is 24.9. The van der Waals surface area contributed by atoms with Crippen molar-refractivity contribution in [2.24, 2.45) is 0 Å². The molecule has 2 heterocycles. The third-order valence-corrected chi connectivity index (χ3v) is 6.58. The van der Waals surface area contributed by atoms with Gasteiger partial charge in [-0.3, -0.25) is 14.3 Å². The molecule has 182 valence electrons. The number of rotatable bonds is 7. The fraction of sp³-hybridized carbons (Fsp3) is 0.207. The van der Waals surface area contributed by atoms with E-state index in [1.165, 1.54) is 0 Å². The molecule has 1 aliphatic rings. The number of nitrogens with zero attached hydrogens (tertiary/aromatic N) is 3. The Morgan fingerprint density at radius 1 is 0.889 bits per heavy atom. The van der Waals surface area contributed by atoms with Crippen molar-refractivity contribution in [2.75, 3.05) is 13.1 Å². The van der Waals surface area contributed by atoms with Crippen LogP contribution in [-0.4, -0.2) is 39.6 Å². The smallest absolute Gasteiger partial charge is 0.255 e. The Bertz CT molecular complexity index is 1360. The Morgan fingerprint density at radius 2 is 1.61 bits per heavy atom. The van der Waals surface area contributed by atoms with Gasteiger partial charge in [0.25, 0.3) is 11.8 Å². The van der Waals surface area contributed by atoms with Gasteiger partial charge in [-0.2, -0.15) is 5.10 Å². The number of nitrogens with one attached hydrogen (secondary N) is 1. The van der Waals surface area contributed by atoms with Gasteiger partial charge in [0, 0.05) is 42.0 Å². The van der Waals surface area contributed by atoms with E-state index in [9.17, 15) is 9.59 Å². The molecule has 1 N–H and O–H groups in total. The van der Waals surface area contributed by atoms with Gasteiger partial charge in [-0.25, -0.2) is 0 Å². The maximum atomic E-state index is 13.3. The molecule has 4 aromatic rings. The molecule has 1 fully saturated rings. The molecule has 0 atom stereocenters. The molecule has 0 aliphatic carbocycles. The first-order valence-corrected chi connectivity index (χ1v) is 12.5. The molecule has 36 heavy (non-hydrogen) atoms. The van der Waals surface area contributed by atoms with Crippen molar-refractivity contribution in [1.29, 1.82) is 0 Å². The quantitative estimate of drug-likeness (QED) is 0.370. The van der Waals surface area contributed by atoms with Crippen LogP contribution in [0.15, 0.2) is 85.1 Å². The standard InChI is InChI=1S/C29H27ClN4O2/c30-25-13-11-23(12-14-25)27-26(20-34(32-27)19-21-7-2-1-3-8-21)28(35)31-18-22-9-6-10-24(17-22)29(36)33-15-4-5-16-33/h1-3,6-14,17,20H,4-5,15-16,18-19H2,(H,31,35). The van der Waals surface area contributed by atoms with Crippen LogP contribution in [0.3, 0.4) is 0 Å². The van der Waals surface area contributed by atoms with Crippen molar-refractivity contribution < 1.29 is 9.59 Å². The van der Waals surface area contributed by atoms with Crippen LogP contribution in [0.25, 0.3) is 11.3 Å². The summed E-state index contributed by atoms with van der Waals surface area (Å²) < 4.78 is 1.78. The van der Waals surface area contributed by atoms with E-state index in [0.717, 1.165) is 42.6 Å². The first-order chi connectivity index (χ1) is 17.6. The third kappa shape index (κ3) is 5.50. The Hall–Kier alpha value is -3.90. The predicted octanol–water partition coefficient (Wildman–Crippen LogP) is 5.42. The summed E-state index contributed by atoms with van der Waals surface area (Å²) in [5.74, 6) is -0.177. The van der Waals surface area contributed by atoms with E-state index in [0.29, 0.717) is 34.9 Å². The van der Waals surface area contributed by atoms with Crippen LogP contribution in [0.2, 0.25) is 5.02 Å². The fourth-order valence-corrected chi connectivity index (χ4v) is 4.58. The lowest BCUT2D eigenvalue weighted by Crippen LogP contribution is -2.28. The average Bonchev–Trinajstić information content (AvgIpc) is 3.59. The molecule has 0 unspecified atom stereocenters. The highest BCUT2D eigenvalue weighted by Gasteiger charge is 2.21. The second-order valence-corrected chi connectivity index (χ2v) is 9.40. The maximum Gasteiger partial charge on any atom is 0.255 e. The number of halogens is 1. The van der Waals surface area contributed by atoms with Gasteiger partial charge in [0.05, 0.1) is 12.1 Å². The lowest BCUT2D eigenvalue weighted by Gasteiger charge is -2.15. The molecule has 3 aromatic carbocycles. The van der Waals surface area contributed by atoms with E-state index in [1.807, 2.05) is 71.6 Å². The second kappa shape index (κ2) is 10.8. The topological polar surface area (TPSA) is 67.2 Å². The molecule has 5 rings (SSSR count). The predicted molar refractivity (Wildman–Crippen MR) is 141 cm³/mol. The van der Waals surface area contributed by atoms with Crippen molar-refractivity contribution >= 4 is 23.4 Å². The molecule has 1 aromatic heterocycles. The average molecular weight is 499 g/mol. The summed E-state index contributed by atoms with van der Waals surface area (Å²) in [7, 11) is 0. The van der Waals surface area contributed by atoms with Crippen LogP contribution < -0.4 is 5.32 Å². The zero-order valence-electron chi connectivity index (χ0n) is 19.9. The van der Waals surface area contributed by atoms with Crippen molar-refractivity contribution in [3.05, 3.63) is 112 Å². The summed E-state index contributed by atoms with van der Waals surface area (Å²) >= 11 is 6.08. The number of benzene rings is 3. The Kier molecular flexibility index (Phi) is 7.14. The molecule has 0 radical (unpaired) electrons. The Labute approximate surface area is 215 Å². The van der Waals surface area contributed by atoms with E-state index in [2.05, 4.69) is 5.32 Å². The number of likely N-dealkylation sites (tertiary alicyclic amines) is 1. The molecule has 0 saturated carbocycles. The lowest BCUT2D eigenvalue weighted by molar-refractivity contribution is 0.0792. The van der Waals surface area contributed by atoms with Crippen molar-refractivity contribution in [2.45, 2.75) is 25.9 Å². The maximum absolute atomic E-state index is 13.3. The molecule has 1 saturated heterocycles. The van der Waals surface area contributed by atoms with Gasteiger partial charge in [-0.15, -0.1) is 0 Å². The van der Waals surface area contributed by atoms with Gasteiger partial charge >= 0.3 is 0 Å². The first kappa shape index (κ1) is 23.8. The van der Waals surface area contributed by atoms with Crippen LogP contribution in [0.4, 0.5) is 0 Å². The fourth-order valence-electron chi connectivity index (χ4n) is 4.45. The summed E-state index contributed by atoms with van der Waals surface area (Å²) in [6.07, 6.45) is 3.88. The van der Waals surface area contributed by atoms with Crippen LogP contribution >= 0.6 is 11.6 Å². The summed E-state index contributed by atoms with van der Waals surface area (Å²) in [6, 6.07) is 24.8. The van der Waals surface area contributed by atoms with E-state index in [-0.39, 0.29) is 11.8 Å². The Balaban J connectivity index is 1.35. The van der Waals surface area contributed by atoms with E-state index < -0.39 is 0 Å². The van der Waals surface area contributed by atoms with E-state index in [1.54, 1.807) is 23.0 Å². The number of hydrogen-bond acceptors (Lipinski definition) is 3. The highest BCUT2D eigenvalue weighted by molar-refractivity contribution is 6.30. The third-order valence-electron chi connectivity index (χ3n) is 6.33. The lowest BCUT2D eigenvalue weighted by atomic mass is 10.1. The number of carbonyl (C=O) groups is 2. The molecule has 7 heteroatoms. The van der Waals surface area contributed by atoms with Crippen LogP contribution in [-0.2, 0) is 13.1 Å². The number of carbonyl (C=O) groups excluding carboxylic acids is 2. The molecule has 6 nitrogen and oxygen atoms in total. The first-order valence-electron chi connectivity index (χ1n) is 12.1. The molecular formula is C29H27ClN4O2. The molecule has 0 spiro atoms. The summed E-state index contributed by atoms with van der Waals surface area (Å²) in [5, 5.41) is 8.35. The zero-order valence-corrected chi connectivity index (χ0v) is 20.6. The Morgan fingerprint density at radius 3 is 2.36 bits per heavy atom. The van der Waals surface area contributed by atoms with E-state index in [4.69, 9.17) is 16.7 Å². The molecule has 0 bridgehead atoms. The SMILES string of the molecule is O=C(NCc1cccc(C(=O)N2CCCC2)c1)c1cn(Cc2ccccc2)nc1-c1ccc(Cl)cc1. The number of aromatic nitrogens is 2. The second-order valence-electron chi connectivity index (χ2n) is 8.96. The van der Waals surface area contributed by atoms with Crippen LogP contribution in [0, 0.1) is 0 Å². The number of hydrogen-bond donors (Lipinski definition) is 1. The van der Waals surface area contributed by atoms with Crippen molar-refractivity contribution in [1.82, 2.24) is 20.0 Å². The van der Waals surface area contributed by atoms with Crippen LogP contribution in [0.5, 0.6) is 0 Å². The van der Waals surface area contributed by atoms with Gasteiger partial charge in [0.15, 0.2) is 0 Å². The van der Waals surface area contributed by atoms with Crippen LogP contribution in [0.1, 0.15) is 44.7 Å². The monoisotopic (exact) mass is 498 g/mol. The highest BCUT2D eigenvalue weighted by atomic mass is 35.5. The molecule has 2 amide bonds. The normalized spacial score (nSPS) is 13.1. The van der Waals surface area contributed by atoms with Gasteiger partial charge < -0.3 is 10.2 Å². The van der Waals surface area contributed by atoms with Gasteiger partial charge in [0.2, 0.25) is 0 Å². The van der Waals surface area contributed by atoms with Gasteiger partial charge in [-0.05, 0) is 48.2 Å². The molecular weight excluding hydrogens is 472 g/mol. The number of amides is 2. The molecule has 1 aliphatic heterocycles. The van der Waals surface area contributed by atoms with Crippen molar-refractivity contribution in [3.63, 3.8) is 0 Å². The summed E-state index contributed by atoms with van der Waals surface area (Å²) in [5.41, 5.74) is 4.51. The highest BCUT2D eigenvalue weighted by Crippen LogP contribution is 2.24. The minimum Gasteiger partial charge on any atom is -0.348 e. The minimum absolute atomic E-state index is 0.0490. The minimum atomic E-state index is -0.226. The van der Waals surface area contributed by atoms with Gasteiger partial charge in [-0.1, -0.05) is 66.2 Å². The van der Waals surface area contributed by atoms with E-state index >= 15 is 0 Å².